The van der Waals surface area contributed by atoms with E-state index in [0.29, 0.717) is 0 Å². The van der Waals surface area contributed by atoms with Crippen molar-refractivity contribution in [2.24, 2.45) is 5.73 Å². The largest absolute Gasteiger partial charge is 0.339 e. The standard InChI is InChI=1S/C10H16N4/c1-2-8-5-12-10(13-6-8)14-4-3-9(11)7-14/h5-6,9H,2-4,7,11H2,1H3. The Balaban J connectivity index is 2.09. The van der Waals surface area contributed by atoms with Crippen LogP contribution in [0.3, 0.4) is 0 Å². The van der Waals surface area contributed by atoms with E-state index in [1.165, 1.54) is 5.56 Å². The van der Waals surface area contributed by atoms with E-state index in [4.69, 9.17) is 5.73 Å². The van der Waals surface area contributed by atoms with Crippen molar-refractivity contribution < 1.29 is 0 Å². The second-order valence-electron chi connectivity index (χ2n) is 3.74. The van der Waals surface area contributed by atoms with Gasteiger partial charge in [0.05, 0.1) is 0 Å². The summed E-state index contributed by atoms with van der Waals surface area (Å²) < 4.78 is 0. The van der Waals surface area contributed by atoms with E-state index in [9.17, 15) is 0 Å². The zero-order valence-electron chi connectivity index (χ0n) is 8.48. The Morgan fingerprint density at radius 2 is 2.21 bits per heavy atom. The molecule has 0 aromatic carbocycles. The van der Waals surface area contributed by atoms with Crippen molar-refractivity contribution in [2.45, 2.75) is 25.8 Å². The number of nitrogens with zero attached hydrogens (tertiary/aromatic N) is 3. The molecular formula is C10H16N4. The number of aromatic nitrogens is 2. The van der Waals surface area contributed by atoms with Gasteiger partial charge in [-0.15, -0.1) is 0 Å². The second-order valence-corrected chi connectivity index (χ2v) is 3.74. The summed E-state index contributed by atoms with van der Waals surface area (Å²) in [5, 5.41) is 0. The van der Waals surface area contributed by atoms with E-state index in [-0.39, 0.29) is 6.04 Å². The maximum Gasteiger partial charge on any atom is 0.225 e. The average molecular weight is 192 g/mol. The van der Waals surface area contributed by atoms with Gasteiger partial charge in [-0.1, -0.05) is 6.92 Å². The van der Waals surface area contributed by atoms with Gasteiger partial charge in [-0.25, -0.2) is 9.97 Å². The first kappa shape index (κ1) is 9.40. The van der Waals surface area contributed by atoms with Crippen LogP contribution in [0.25, 0.3) is 0 Å². The lowest BCUT2D eigenvalue weighted by Gasteiger charge is -2.14. The molecule has 0 spiro atoms. The number of nitrogens with two attached hydrogens (primary N) is 1. The van der Waals surface area contributed by atoms with Crippen molar-refractivity contribution in [2.75, 3.05) is 18.0 Å². The topological polar surface area (TPSA) is 55.0 Å². The summed E-state index contributed by atoms with van der Waals surface area (Å²) in [5.41, 5.74) is 7.00. The van der Waals surface area contributed by atoms with Gasteiger partial charge in [-0.3, -0.25) is 0 Å². The highest BCUT2D eigenvalue weighted by Gasteiger charge is 2.20. The van der Waals surface area contributed by atoms with E-state index in [1.807, 2.05) is 12.4 Å². The maximum absolute atomic E-state index is 5.82. The zero-order chi connectivity index (χ0) is 9.97. The summed E-state index contributed by atoms with van der Waals surface area (Å²) in [7, 11) is 0. The highest BCUT2D eigenvalue weighted by Crippen LogP contribution is 2.14. The van der Waals surface area contributed by atoms with Gasteiger partial charge in [0.2, 0.25) is 5.95 Å². The molecule has 1 aromatic heterocycles. The summed E-state index contributed by atoms with van der Waals surface area (Å²) in [4.78, 5) is 10.8. The third-order valence-electron chi connectivity index (χ3n) is 2.61. The Morgan fingerprint density at radius 1 is 1.50 bits per heavy atom. The van der Waals surface area contributed by atoms with Crippen LogP contribution in [-0.4, -0.2) is 29.1 Å². The predicted molar refractivity (Wildman–Crippen MR) is 56.2 cm³/mol. The van der Waals surface area contributed by atoms with Gasteiger partial charge in [0.25, 0.3) is 0 Å². The highest BCUT2D eigenvalue weighted by atomic mass is 15.3. The number of aryl methyl sites for hydroxylation is 1. The van der Waals surface area contributed by atoms with Crippen LogP contribution < -0.4 is 10.6 Å². The Morgan fingerprint density at radius 3 is 2.71 bits per heavy atom. The van der Waals surface area contributed by atoms with Gasteiger partial charge < -0.3 is 10.6 Å². The molecule has 0 saturated carbocycles. The molecule has 1 aromatic rings. The molecule has 1 aliphatic heterocycles. The molecule has 2 N–H and O–H groups in total. The smallest absolute Gasteiger partial charge is 0.225 e. The predicted octanol–water partition coefficient (Wildman–Crippen LogP) is 0.576. The first-order valence-corrected chi connectivity index (χ1v) is 5.11. The minimum Gasteiger partial charge on any atom is -0.339 e. The molecule has 4 nitrogen and oxygen atoms in total. The van der Waals surface area contributed by atoms with Crippen molar-refractivity contribution >= 4 is 5.95 Å². The number of hydrogen-bond acceptors (Lipinski definition) is 4. The fourth-order valence-corrected chi connectivity index (χ4v) is 1.66. The van der Waals surface area contributed by atoms with E-state index in [0.717, 1.165) is 31.9 Å². The number of hydrogen-bond donors (Lipinski definition) is 1. The summed E-state index contributed by atoms with van der Waals surface area (Å²) in [6, 6.07) is 0.282. The summed E-state index contributed by atoms with van der Waals surface area (Å²) >= 11 is 0. The molecule has 1 saturated heterocycles. The molecule has 0 bridgehead atoms. The summed E-state index contributed by atoms with van der Waals surface area (Å²) in [5.74, 6) is 0.815. The summed E-state index contributed by atoms with van der Waals surface area (Å²) in [6.45, 7) is 3.96. The van der Waals surface area contributed by atoms with Crippen molar-refractivity contribution in [1.29, 1.82) is 0 Å². The Hall–Kier alpha value is -1.16. The van der Waals surface area contributed by atoms with Crippen LogP contribution in [0.4, 0.5) is 5.95 Å². The molecule has 76 valence electrons. The van der Waals surface area contributed by atoms with Crippen molar-refractivity contribution in [1.82, 2.24) is 9.97 Å². The molecule has 1 unspecified atom stereocenters. The monoisotopic (exact) mass is 192 g/mol. The van der Waals surface area contributed by atoms with Crippen LogP contribution in [0.5, 0.6) is 0 Å². The lowest BCUT2D eigenvalue weighted by Crippen LogP contribution is -2.27. The SMILES string of the molecule is CCc1cnc(N2CCC(N)C2)nc1. The molecule has 1 fully saturated rings. The third kappa shape index (κ3) is 1.85. The van der Waals surface area contributed by atoms with Crippen LogP contribution in [0.1, 0.15) is 18.9 Å². The minimum atomic E-state index is 0.282. The number of anilines is 1. The van der Waals surface area contributed by atoms with Crippen molar-refractivity contribution in [3.05, 3.63) is 18.0 Å². The van der Waals surface area contributed by atoms with Gasteiger partial charge in [0.1, 0.15) is 0 Å². The second kappa shape index (κ2) is 3.92. The fourth-order valence-electron chi connectivity index (χ4n) is 1.66. The maximum atomic E-state index is 5.82. The molecule has 4 heteroatoms. The quantitative estimate of drug-likeness (QED) is 0.744. The summed E-state index contributed by atoms with van der Waals surface area (Å²) in [6.07, 6.45) is 5.82. The van der Waals surface area contributed by atoms with E-state index in [1.54, 1.807) is 0 Å². The van der Waals surface area contributed by atoms with E-state index in [2.05, 4.69) is 21.8 Å². The minimum absolute atomic E-state index is 0.282. The average Bonchev–Trinajstić information content (AvgIpc) is 2.65. The zero-order valence-corrected chi connectivity index (χ0v) is 8.48. The molecule has 14 heavy (non-hydrogen) atoms. The van der Waals surface area contributed by atoms with Crippen LogP contribution in [-0.2, 0) is 6.42 Å². The Labute approximate surface area is 84.2 Å². The number of rotatable bonds is 2. The van der Waals surface area contributed by atoms with Gasteiger partial charge in [-0.05, 0) is 18.4 Å². The highest BCUT2D eigenvalue weighted by molar-refractivity contribution is 5.32. The Kier molecular flexibility index (Phi) is 2.63. The van der Waals surface area contributed by atoms with Gasteiger partial charge in [0.15, 0.2) is 0 Å². The van der Waals surface area contributed by atoms with Crippen LogP contribution in [0.2, 0.25) is 0 Å². The lowest BCUT2D eigenvalue weighted by molar-refractivity contribution is 0.750. The van der Waals surface area contributed by atoms with E-state index >= 15 is 0 Å². The van der Waals surface area contributed by atoms with Crippen molar-refractivity contribution in [3.8, 4) is 0 Å². The van der Waals surface area contributed by atoms with Gasteiger partial charge in [-0.2, -0.15) is 0 Å². The van der Waals surface area contributed by atoms with Gasteiger partial charge >= 0.3 is 0 Å². The normalized spacial score (nSPS) is 21.6. The van der Waals surface area contributed by atoms with Gasteiger partial charge in [0, 0.05) is 31.5 Å². The molecular weight excluding hydrogens is 176 g/mol. The van der Waals surface area contributed by atoms with Crippen LogP contribution in [0.15, 0.2) is 12.4 Å². The molecule has 2 rings (SSSR count). The molecule has 2 heterocycles. The van der Waals surface area contributed by atoms with E-state index < -0.39 is 0 Å². The first-order valence-electron chi connectivity index (χ1n) is 5.11. The molecule has 1 aliphatic rings. The molecule has 0 radical (unpaired) electrons. The van der Waals surface area contributed by atoms with Crippen molar-refractivity contribution in [3.63, 3.8) is 0 Å². The first-order chi connectivity index (χ1) is 6.79. The Bertz CT molecular complexity index is 295. The lowest BCUT2D eigenvalue weighted by atomic mass is 10.3. The van der Waals surface area contributed by atoms with Crippen LogP contribution in [0, 0.1) is 0 Å². The fraction of sp³-hybridized carbons (Fsp3) is 0.600. The van der Waals surface area contributed by atoms with Crippen LogP contribution >= 0.6 is 0 Å². The third-order valence-corrected chi connectivity index (χ3v) is 2.61. The molecule has 0 aliphatic carbocycles. The molecule has 1 atom stereocenters. The molecule has 0 amide bonds.